The summed E-state index contributed by atoms with van der Waals surface area (Å²) in [6.45, 7) is 2.87. The number of nitrogens with zero attached hydrogens (tertiary/aromatic N) is 1. The number of imide groups is 2. The molecule has 1 aromatic rings. The van der Waals surface area contributed by atoms with Crippen LogP contribution in [0.4, 0.5) is 0 Å². The van der Waals surface area contributed by atoms with E-state index in [1.807, 2.05) is 0 Å². The second kappa shape index (κ2) is 14.5. The molecule has 37 heavy (non-hydrogen) atoms. The van der Waals surface area contributed by atoms with E-state index in [-0.39, 0.29) is 31.4 Å². The Balaban J connectivity index is 1.30. The number of aryl methyl sites for hydroxylation is 1. The van der Waals surface area contributed by atoms with Crippen LogP contribution in [0.15, 0.2) is 18.2 Å². The van der Waals surface area contributed by atoms with Gasteiger partial charge in [-0.25, -0.2) is 0 Å². The summed E-state index contributed by atoms with van der Waals surface area (Å²) in [6.07, 6.45) is 1.32. The number of amides is 4. The Morgan fingerprint density at radius 3 is 2.14 bits per heavy atom. The molecule has 1 aromatic carbocycles. The average molecular weight is 521 g/mol. The second-order valence-corrected chi connectivity index (χ2v) is 8.48. The van der Waals surface area contributed by atoms with Crippen LogP contribution in [0.5, 0.6) is 0 Å². The standard InChI is InChI=1S/C25H32N2O10/c28-20-7-6-19(23(31)26-20)27-24(32)18-5-1-3-17(22(18)25(27)33)4-2-9-34-11-13-36-15-16-37-14-12-35-10-8-21(29)30/h1,3,5,19H,2,4,6-16H2,(H,29,30)(H,26,28,31). The smallest absolute Gasteiger partial charge is 0.305 e. The first kappa shape index (κ1) is 28.4. The van der Waals surface area contributed by atoms with Crippen LogP contribution in [-0.2, 0) is 39.8 Å². The number of hydrogen-bond acceptors (Lipinski definition) is 9. The number of ether oxygens (including phenoxy) is 4. The van der Waals surface area contributed by atoms with Crippen LogP contribution in [0.25, 0.3) is 0 Å². The van der Waals surface area contributed by atoms with Gasteiger partial charge in [0, 0.05) is 13.0 Å². The van der Waals surface area contributed by atoms with Crippen molar-refractivity contribution in [2.24, 2.45) is 0 Å². The molecule has 0 spiro atoms. The number of benzene rings is 1. The third-order valence-electron chi connectivity index (χ3n) is 5.87. The van der Waals surface area contributed by atoms with Crippen molar-refractivity contribution >= 4 is 29.6 Å². The molecular weight excluding hydrogens is 488 g/mol. The molecule has 2 N–H and O–H groups in total. The van der Waals surface area contributed by atoms with Crippen molar-refractivity contribution < 1.29 is 48.0 Å². The zero-order valence-corrected chi connectivity index (χ0v) is 20.6. The van der Waals surface area contributed by atoms with Gasteiger partial charge < -0.3 is 24.1 Å². The summed E-state index contributed by atoms with van der Waals surface area (Å²) in [5.41, 5.74) is 1.30. The molecule has 4 amide bonds. The lowest BCUT2D eigenvalue weighted by Crippen LogP contribution is -2.54. The fourth-order valence-corrected chi connectivity index (χ4v) is 4.08. The molecule has 0 bridgehead atoms. The van der Waals surface area contributed by atoms with Crippen molar-refractivity contribution in [1.29, 1.82) is 0 Å². The van der Waals surface area contributed by atoms with E-state index < -0.39 is 35.6 Å². The summed E-state index contributed by atoms with van der Waals surface area (Å²) < 4.78 is 21.4. The highest BCUT2D eigenvalue weighted by molar-refractivity contribution is 6.24. The lowest BCUT2D eigenvalue weighted by Gasteiger charge is -2.27. The van der Waals surface area contributed by atoms with E-state index in [0.717, 1.165) is 10.5 Å². The van der Waals surface area contributed by atoms with Gasteiger partial charge in [0.1, 0.15) is 6.04 Å². The number of rotatable bonds is 17. The number of aliphatic carboxylic acids is 1. The number of fused-ring (bicyclic) bond motifs is 1. The maximum Gasteiger partial charge on any atom is 0.305 e. The Hall–Kier alpha value is -3.19. The fraction of sp³-hybridized carbons (Fsp3) is 0.560. The third-order valence-corrected chi connectivity index (χ3v) is 5.87. The van der Waals surface area contributed by atoms with Crippen LogP contribution >= 0.6 is 0 Å². The van der Waals surface area contributed by atoms with Crippen molar-refractivity contribution in [2.45, 2.75) is 38.1 Å². The van der Waals surface area contributed by atoms with Gasteiger partial charge in [0.25, 0.3) is 11.8 Å². The summed E-state index contributed by atoms with van der Waals surface area (Å²) in [7, 11) is 0. The molecule has 0 saturated carbocycles. The zero-order valence-electron chi connectivity index (χ0n) is 20.6. The van der Waals surface area contributed by atoms with Crippen LogP contribution in [-0.4, -0.2) is 98.5 Å². The number of carbonyl (C=O) groups excluding carboxylic acids is 4. The molecule has 12 nitrogen and oxygen atoms in total. The number of hydrogen-bond donors (Lipinski definition) is 2. The maximum absolute atomic E-state index is 13.1. The van der Waals surface area contributed by atoms with Crippen LogP contribution in [0, 0.1) is 0 Å². The van der Waals surface area contributed by atoms with Gasteiger partial charge in [-0.1, -0.05) is 12.1 Å². The Labute approximate surface area is 214 Å². The Kier molecular flexibility index (Phi) is 11.1. The first-order valence-electron chi connectivity index (χ1n) is 12.3. The van der Waals surface area contributed by atoms with E-state index in [1.165, 1.54) is 0 Å². The number of carbonyl (C=O) groups is 5. The average Bonchev–Trinajstić information content (AvgIpc) is 3.12. The van der Waals surface area contributed by atoms with E-state index in [1.54, 1.807) is 18.2 Å². The number of nitrogens with one attached hydrogen (secondary N) is 1. The predicted molar refractivity (Wildman–Crippen MR) is 127 cm³/mol. The van der Waals surface area contributed by atoms with E-state index in [2.05, 4.69) is 5.32 Å². The second-order valence-electron chi connectivity index (χ2n) is 8.48. The molecule has 1 atom stereocenters. The van der Waals surface area contributed by atoms with Gasteiger partial charge in [0.2, 0.25) is 11.8 Å². The Bertz CT molecular complexity index is 996. The number of carboxylic acid groups (broad SMARTS) is 1. The van der Waals surface area contributed by atoms with Gasteiger partial charge >= 0.3 is 5.97 Å². The maximum atomic E-state index is 13.1. The number of piperidine rings is 1. The molecule has 0 radical (unpaired) electrons. The third kappa shape index (κ3) is 8.15. The van der Waals surface area contributed by atoms with Crippen LogP contribution in [0.2, 0.25) is 0 Å². The minimum Gasteiger partial charge on any atom is -0.481 e. The highest BCUT2D eigenvalue weighted by Crippen LogP contribution is 2.30. The fourth-order valence-electron chi connectivity index (χ4n) is 4.08. The SMILES string of the molecule is O=C(O)CCOCCOCCOCCOCCCc1cccc2c1C(=O)N(C1CCC(=O)NC1=O)C2=O. The molecule has 3 rings (SSSR count). The van der Waals surface area contributed by atoms with E-state index in [4.69, 9.17) is 24.1 Å². The summed E-state index contributed by atoms with van der Waals surface area (Å²) >= 11 is 0. The van der Waals surface area contributed by atoms with Crippen LogP contribution < -0.4 is 5.32 Å². The Morgan fingerprint density at radius 2 is 1.51 bits per heavy atom. The molecule has 2 aliphatic rings. The van der Waals surface area contributed by atoms with Gasteiger partial charge in [-0.05, 0) is 30.9 Å². The minimum absolute atomic E-state index is 0.0301. The number of carboxylic acids is 1. The minimum atomic E-state index is -0.983. The van der Waals surface area contributed by atoms with Crippen molar-refractivity contribution in [3.05, 3.63) is 34.9 Å². The van der Waals surface area contributed by atoms with Gasteiger partial charge in [-0.15, -0.1) is 0 Å². The van der Waals surface area contributed by atoms with Crippen molar-refractivity contribution in [1.82, 2.24) is 10.2 Å². The lowest BCUT2D eigenvalue weighted by molar-refractivity contribution is -0.138. The van der Waals surface area contributed by atoms with E-state index >= 15 is 0 Å². The largest absolute Gasteiger partial charge is 0.481 e. The Morgan fingerprint density at radius 1 is 0.892 bits per heavy atom. The molecule has 2 aliphatic heterocycles. The van der Waals surface area contributed by atoms with Crippen molar-refractivity contribution in [3.8, 4) is 0 Å². The molecule has 12 heteroatoms. The topological polar surface area (TPSA) is 158 Å². The van der Waals surface area contributed by atoms with Gasteiger partial charge in [-0.3, -0.25) is 34.2 Å². The molecule has 2 heterocycles. The molecule has 1 unspecified atom stereocenters. The molecule has 0 aromatic heterocycles. The highest BCUT2D eigenvalue weighted by Gasteiger charge is 2.45. The predicted octanol–water partition coefficient (Wildman–Crippen LogP) is 0.562. The molecule has 202 valence electrons. The van der Waals surface area contributed by atoms with Crippen LogP contribution in [0.1, 0.15) is 52.0 Å². The van der Waals surface area contributed by atoms with Crippen molar-refractivity contribution in [2.75, 3.05) is 52.9 Å². The summed E-state index contributed by atoms with van der Waals surface area (Å²) in [6, 6.07) is 4.10. The van der Waals surface area contributed by atoms with Gasteiger partial charge in [0.15, 0.2) is 0 Å². The normalized spacial score (nSPS) is 17.3. The zero-order chi connectivity index (χ0) is 26.6. The summed E-state index contributed by atoms with van der Waals surface area (Å²) in [5, 5.41) is 10.7. The van der Waals surface area contributed by atoms with Crippen molar-refractivity contribution in [3.63, 3.8) is 0 Å². The summed E-state index contributed by atoms with van der Waals surface area (Å²) in [4.78, 5) is 60.9. The van der Waals surface area contributed by atoms with Gasteiger partial charge in [-0.2, -0.15) is 0 Å². The quantitative estimate of drug-likeness (QED) is 0.220. The molecule has 0 aliphatic carbocycles. The first-order chi connectivity index (χ1) is 17.9. The van der Waals surface area contributed by atoms with E-state index in [9.17, 15) is 24.0 Å². The van der Waals surface area contributed by atoms with E-state index in [0.29, 0.717) is 64.7 Å². The molecule has 1 fully saturated rings. The molecular formula is C25H32N2O10. The lowest BCUT2D eigenvalue weighted by atomic mass is 9.99. The monoisotopic (exact) mass is 520 g/mol. The first-order valence-corrected chi connectivity index (χ1v) is 12.3. The summed E-state index contributed by atoms with van der Waals surface area (Å²) in [5.74, 6) is -2.96. The van der Waals surface area contributed by atoms with Gasteiger partial charge in [0.05, 0.1) is 63.8 Å². The molecule has 1 saturated heterocycles. The highest BCUT2D eigenvalue weighted by atomic mass is 16.6. The van der Waals surface area contributed by atoms with Crippen LogP contribution in [0.3, 0.4) is 0 Å².